The van der Waals surface area contributed by atoms with E-state index in [9.17, 15) is 22.9 Å². The topological polar surface area (TPSA) is 80.5 Å². The molecule has 9 heteroatoms. The van der Waals surface area contributed by atoms with Crippen molar-refractivity contribution >= 4 is 23.0 Å². The average molecular weight is 457 g/mol. The zero-order chi connectivity index (χ0) is 24.0. The van der Waals surface area contributed by atoms with Crippen molar-refractivity contribution in [3.63, 3.8) is 0 Å². The molecule has 0 saturated heterocycles. The Morgan fingerprint density at radius 1 is 1.09 bits per heavy atom. The Morgan fingerprint density at radius 2 is 1.82 bits per heavy atom. The fourth-order valence-electron chi connectivity index (χ4n) is 3.53. The maximum absolute atomic E-state index is 12.7. The molecule has 0 unspecified atom stereocenters. The molecule has 2 aliphatic rings. The van der Waals surface area contributed by atoms with Crippen LogP contribution in [0.3, 0.4) is 0 Å². The van der Waals surface area contributed by atoms with Gasteiger partial charge in [-0.2, -0.15) is 13.2 Å². The molecule has 2 heterocycles. The van der Waals surface area contributed by atoms with Gasteiger partial charge in [-0.15, -0.1) is 4.91 Å². The van der Waals surface area contributed by atoms with E-state index >= 15 is 0 Å². The second-order valence-corrected chi connectivity index (χ2v) is 7.17. The summed E-state index contributed by atoms with van der Waals surface area (Å²) in [6.45, 7) is 3.57. The quantitative estimate of drug-likeness (QED) is 0.485. The molecule has 172 valence electrons. The molecule has 33 heavy (non-hydrogen) atoms. The van der Waals surface area contributed by atoms with E-state index in [1.807, 2.05) is 19.9 Å². The van der Waals surface area contributed by atoms with E-state index in [0.29, 0.717) is 36.3 Å². The van der Waals surface area contributed by atoms with E-state index in [0.717, 1.165) is 34.7 Å². The standard InChI is InChI=1S/C22H16F3N3O3.C2H6/c23-22(24,25)15-6-4-14(5-7-15)19-9-13(11-26-19)8-16-10-17-18(27-16)2-1-3-20(17)31-12-21(29)28-30;1-2/h1-7,11H,8-10,12H2;1-2H3. The molecule has 2 aromatic carbocycles. The maximum Gasteiger partial charge on any atom is 0.416 e. The SMILES string of the molecule is CC.O=NC(=O)COc1cccc2c1CC(CC1=CN=C(c3ccc(C(F)(F)F)cc3)C1)=N2. The number of benzene rings is 2. The molecule has 6 nitrogen and oxygen atoms in total. The Morgan fingerprint density at radius 3 is 2.48 bits per heavy atom. The van der Waals surface area contributed by atoms with Crippen LogP contribution in [0.1, 0.15) is 43.4 Å². The highest BCUT2D eigenvalue weighted by Crippen LogP contribution is 2.36. The largest absolute Gasteiger partial charge is 0.483 e. The van der Waals surface area contributed by atoms with Crippen LogP contribution >= 0.6 is 0 Å². The molecule has 0 aromatic heterocycles. The molecule has 0 radical (unpaired) electrons. The molecule has 0 atom stereocenters. The normalized spacial score (nSPS) is 14.4. The summed E-state index contributed by atoms with van der Waals surface area (Å²) >= 11 is 0. The van der Waals surface area contributed by atoms with Crippen molar-refractivity contribution in [1.82, 2.24) is 0 Å². The lowest BCUT2D eigenvalue weighted by molar-refractivity contribution is -0.137. The van der Waals surface area contributed by atoms with E-state index in [1.54, 1.807) is 18.3 Å². The van der Waals surface area contributed by atoms with Crippen LogP contribution in [-0.2, 0) is 17.4 Å². The Balaban J connectivity index is 0.00000149. The van der Waals surface area contributed by atoms with Gasteiger partial charge in [-0.3, -0.25) is 14.8 Å². The van der Waals surface area contributed by atoms with Crippen LogP contribution in [-0.4, -0.2) is 23.9 Å². The zero-order valence-corrected chi connectivity index (χ0v) is 18.1. The summed E-state index contributed by atoms with van der Waals surface area (Å²) in [5.41, 5.74) is 4.14. The minimum atomic E-state index is -4.37. The molecule has 0 N–H and O–H groups in total. The van der Waals surface area contributed by atoms with E-state index in [1.165, 1.54) is 12.1 Å². The van der Waals surface area contributed by atoms with Gasteiger partial charge in [0.1, 0.15) is 5.75 Å². The van der Waals surface area contributed by atoms with Gasteiger partial charge in [0.2, 0.25) is 0 Å². The highest BCUT2D eigenvalue weighted by atomic mass is 19.4. The molecule has 0 spiro atoms. The van der Waals surface area contributed by atoms with Crippen molar-refractivity contribution in [3.8, 4) is 5.75 Å². The first kappa shape index (κ1) is 24.0. The number of hydrogen-bond donors (Lipinski definition) is 0. The number of alkyl halides is 3. The predicted molar refractivity (Wildman–Crippen MR) is 120 cm³/mol. The second kappa shape index (κ2) is 10.3. The fourth-order valence-corrected chi connectivity index (χ4v) is 3.53. The van der Waals surface area contributed by atoms with Crippen molar-refractivity contribution in [2.24, 2.45) is 15.2 Å². The molecule has 2 aliphatic heterocycles. The summed E-state index contributed by atoms with van der Waals surface area (Å²) in [4.78, 5) is 30.3. The third kappa shape index (κ3) is 5.79. The van der Waals surface area contributed by atoms with E-state index in [-0.39, 0.29) is 0 Å². The van der Waals surface area contributed by atoms with Crippen molar-refractivity contribution in [2.75, 3.05) is 6.61 Å². The minimum absolute atomic E-state index is 0.426. The summed E-state index contributed by atoms with van der Waals surface area (Å²) in [7, 11) is 0. The Kier molecular flexibility index (Phi) is 7.52. The number of carbonyl (C=O) groups is 1. The van der Waals surface area contributed by atoms with Gasteiger partial charge >= 0.3 is 12.1 Å². The number of nitroso groups, excluding NO2 is 1. The number of nitrogens with zero attached hydrogens (tertiary/aromatic N) is 3. The zero-order valence-electron chi connectivity index (χ0n) is 18.1. The smallest absolute Gasteiger partial charge is 0.416 e. The molecular formula is C24H22F3N3O3. The van der Waals surface area contributed by atoms with Crippen LogP contribution in [0.5, 0.6) is 5.75 Å². The summed E-state index contributed by atoms with van der Waals surface area (Å²) in [6, 6.07) is 10.3. The van der Waals surface area contributed by atoms with Crippen LogP contribution in [0, 0.1) is 4.91 Å². The highest BCUT2D eigenvalue weighted by Gasteiger charge is 2.30. The van der Waals surface area contributed by atoms with E-state index in [2.05, 4.69) is 15.2 Å². The van der Waals surface area contributed by atoms with Crippen molar-refractivity contribution in [1.29, 1.82) is 0 Å². The number of halogens is 3. The molecule has 0 fully saturated rings. The highest BCUT2D eigenvalue weighted by molar-refractivity contribution is 6.05. The number of carbonyl (C=O) groups excluding carboxylic acids is 1. The number of ether oxygens (including phenoxy) is 1. The number of fused-ring (bicyclic) bond motifs is 1. The lowest BCUT2D eigenvalue weighted by Crippen LogP contribution is -2.09. The number of aliphatic imine (C=N–C) groups is 2. The van der Waals surface area contributed by atoms with Crippen LogP contribution in [0.25, 0.3) is 0 Å². The predicted octanol–water partition coefficient (Wildman–Crippen LogP) is 6.20. The monoisotopic (exact) mass is 457 g/mol. The Bertz CT molecular complexity index is 1130. The maximum atomic E-state index is 12.7. The van der Waals surface area contributed by atoms with E-state index < -0.39 is 24.3 Å². The van der Waals surface area contributed by atoms with Gasteiger partial charge in [0, 0.05) is 41.9 Å². The second-order valence-electron chi connectivity index (χ2n) is 7.17. The summed E-state index contributed by atoms with van der Waals surface area (Å²) in [6.07, 6.45) is -1.01. The van der Waals surface area contributed by atoms with Gasteiger partial charge < -0.3 is 4.74 Å². The number of allylic oxidation sites excluding steroid dienone is 1. The molecular weight excluding hydrogens is 435 g/mol. The van der Waals surface area contributed by atoms with E-state index in [4.69, 9.17) is 4.74 Å². The third-order valence-electron chi connectivity index (χ3n) is 4.99. The first-order chi connectivity index (χ1) is 15.8. The molecule has 4 rings (SSSR count). The summed E-state index contributed by atoms with van der Waals surface area (Å²) in [5, 5.41) is 2.31. The third-order valence-corrected chi connectivity index (χ3v) is 4.99. The van der Waals surface area contributed by atoms with Gasteiger partial charge in [-0.05, 0) is 35.4 Å². The molecule has 0 bridgehead atoms. The Labute approximate surface area is 188 Å². The molecule has 1 amide bonds. The van der Waals surface area contributed by atoms with Crippen molar-refractivity contribution in [2.45, 2.75) is 39.3 Å². The first-order valence-electron chi connectivity index (χ1n) is 10.4. The number of hydrogen-bond acceptors (Lipinski definition) is 5. The van der Waals surface area contributed by atoms with Crippen LogP contribution in [0.15, 0.2) is 69.4 Å². The molecule has 2 aromatic rings. The van der Waals surface area contributed by atoms with Gasteiger partial charge in [0.25, 0.3) is 0 Å². The lowest BCUT2D eigenvalue weighted by atomic mass is 9.98. The Hall–Kier alpha value is -3.62. The van der Waals surface area contributed by atoms with Gasteiger partial charge in [-0.1, -0.05) is 32.0 Å². The fraction of sp³-hybridized carbons (Fsp3) is 0.292. The number of amides is 1. The molecule has 0 saturated carbocycles. The van der Waals surface area contributed by atoms with Gasteiger partial charge in [0.05, 0.1) is 17.0 Å². The molecule has 0 aliphatic carbocycles. The summed E-state index contributed by atoms with van der Waals surface area (Å²) < 4.78 is 43.6. The van der Waals surface area contributed by atoms with Crippen molar-refractivity contribution in [3.05, 3.63) is 75.8 Å². The van der Waals surface area contributed by atoms with Crippen molar-refractivity contribution < 1.29 is 22.7 Å². The average Bonchev–Trinajstić information content (AvgIpc) is 3.45. The summed E-state index contributed by atoms with van der Waals surface area (Å²) in [5.74, 6) is -0.406. The van der Waals surface area contributed by atoms with Crippen LogP contribution in [0.2, 0.25) is 0 Å². The van der Waals surface area contributed by atoms with Crippen LogP contribution < -0.4 is 4.74 Å². The van der Waals surface area contributed by atoms with Gasteiger partial charge in [0.15, 0.2) is 6.61 Å². The van der Waals surface area contributed by atoms with Gasteiger partial charge in [-0.25, -0.2) is 0 Å². The minimum Gasteiger partial charge on any atom is -0.483 e. The lowest BCUT2D eigenvalue weighted by Gasteiger charge is -2.09. The first-order valence-corrected chi connectivity index (χ1v) is 10.4. The number of rotatable bonds is 6. The van der Waals surface area contributed by atoms with Crippen LogP contribution in [0.4, 0.5) is 18.9 Å².